The lowest BCUT2D eigenvalue weighted by atomic mass is 9.79. The topological polar surface area (TPSA) is 29.3 Å². The molecule has 0 bridgehead atoms. The first-order chi connectivity index (χ1) is 7.69. The summed E-state index contributed by atoms with van der Waals surface area (Å²) in [6.45, 7) is 3.63. The van der Waals surface area contributed by atoms with Crippen LogP contribution in [0.1, 0.15) is 51.9 Å². The third kappa shape index (κ3) is 2.98. The molecular formula is C14H28N2. The van der Waals surface area contributed by atoms with Crippen LogP contribution in [0, 0.1) is 11.8 Å². The number of hydrogen-bond acceptors (Lipinski definition) is 2. The first-order valence-corrected chi connectivity index (χ1v) is 7.14. The number of hydrogen-bond donors (Lipinski definition) is 1. The summed E-state index contributed by atoms with van der Waals surface area (Å²) in [4.78, 5) is 2.62. The highest BCUT2D eigenvalue weighted by Crippen LogP contribution is 2.32. The van der Waals surface area contributed by atoms with Crippen LogP contribution < -0.4 is 5.73 Å². The second kappa shape index (κ2) is 5.50. The number of rotatable bonds is 4. The predicted molar refractivity (Wildman–Crippen MR) is 69.4 cm³/mol. The third-order valence-corrected chi connectivity index (χ3v) is 4.77. The highest BCUT2D eigenvalue weighted by Gasteiger charge is 2.30. The van der Waals surface area contributed by atoms with E-state index in [1.165, 1.54) is 51.5 Å². The Hall–Kier alpha value is -0.0800. The summed E-state index contributed by atoms with van der Waals surface area (Å²) in [5, 5.41) is 0. The van der Waals surface area contributed by atoms with Crippen LogP contribution in [-0.2, 0) is 0 Å². The van der Waals surface area contributed by atoms with Crippen molar-refractivity contribution in [3.05, 3.63) is 0 Å². The molecule has 2 atom stereocenters. The van der Waals surface area contributed by atoms with Crippen molar-refractivity contribution in [3.63, 3.8) is 0 Å². The van der Waals surface area contributed by atoms with E-state index in [0.29, 0.717) is 6.04 Å². The minimum atomic E-state index is 0.508. The zero-order valence-corrected chi connectivity index (χ0v) is 11.0. The third-order valence-electron chi connectivity index (χ3n) is 4.77. The molecule has 0 heterocycles. The van der Waals surface area contributed by atoms with Crippen LogP contribution >= 0.6 is 0 Å². The molecule has 2 fully saturated rings. The molecule has 0 saturated heterocycles. The Morgan fingerprint density at radius 2 is 1.88 bits per heavy atom. The van der Waals surface area contributed by atoms with Crippen LogP contribution in [0.3, 0.4) is 0 Å². The van der Waals surface area contributed by atoms with Crippen LogP contribution in [0.4, 0.5) is 0 Å². The quantitative estimate of drug-likeness (QED) is 0.795. The fraction of sp³-hybridized carbons (Fsp3) is 1.00. The molecule has 2 heteroatoms. The molecule has 2 aliphatic carbocycles. The molecule has 0 aromatic carbocycles. The molecule has 2 aliphatic rings. The standard InChI is InChI=1S/C14H28N2/c1-3-11-5-4-6-14(9-11)16(2)10-12-7-13(15)8-12/h11-14H,3-10,15H2,1-2H3. The summed E-state index contributed by atoms with van der Waals surface area (Å²) in [5.74, 6) is 1.88. The van der Waals surface area contributed by atoms with Crippen molar-refractivity contribution in [3.8, 4) is 0 Å². The van der Waals surface area contributed by atoms with Gasteiger partial charge < -0.3 is 10.6 Å². The van der Waals surface area contributed by atoms with Gasteiger partial charge >= 0.3 is 0 Å². The SMILES string of the molecule is CCC1CCCC(N(C)CC2CC(N)C2)C1. The van der Waals surface area contributed by atoms with Crippen molar-refractivity contribution < 1.29 is 0 Å². The molecule has 2 N–H and O–H groups in total. The van der Waals surface area contributed by atoms with Gasteiger partial charge in [0.05, 0.1) is 0 Å². The summed E-state index contributed by atoms with van der Waals surface area (Å²) < 4.78 is 0. The highest BCUT2D eigenvalue weighted by molar-refractivity contribution is 4.86. The van der Waals surface area contributed by atoms with Gasteiger partial charge in [-0.25, -0.2) is 0 Å². The average molecular weight is 224 g/mol. The van der Waals surface area contributed by atoms with Crippen molar-refractivity contribution in [1.29, 1.82) is 0 Å². The van der Waals surface area contributed by atoms with Crippen LogP contribution in [0.2, 0.25) is 0 Å². The van der Waals surface area contributed by atoms with Gasteiger partial charge in [-0.2, -0.15) is 0 Å². The lowest BCUT2D eigenvalue weighted by Crippen LogP contribution is -2.45. The Balaban J connectivity index is 1.73. The molecule has 2 saturated carbocycles. The van der Waals surface area contributed by atoms with Gasteiger partial charge in [0, 0.05) is 18.6 Å². The molecule has 16 heavy (non-hydrogen) atoms. The maximum atomic E-state index is 5.85. The van der Waals surface area contributed by atoms with Crippen LogP contribution in [0.5, 0.6) is 0 Å². The van der Waals surface area contributed by atoms with Crippen LogP contribution in [-0.4, -0.2) is 30.6 Å². The van der Waals surface area contributed by atoms with E-state index in [0.717, 1.165) is 17.9 Å². The number of nitrogens with two attached hydrogens (primary N) is 1. The molecule has 94 valence electrons. The van der Waals surface area contributed by atoms with Crippen molar-refractivity contribution in [2.75, 3.05) is 13.6 Å². The van der Waals surface area contributed by atoms with E-state index in [9.17, 15) is 0 Å². The average Bonchev–Trinajstić information content (AvgIpc) is 2.27. The van der Waals surface area contributed by atoms with Gasteiger partial charge in [0.15, 0.2) is 0 Å². The van der Waals surface area contributed by atoms with E-state index in [1.54, 1.807) is 0 Å². The van der Waals surface area contributed by atoms with Gasteiger partial charge in [-0.05, 0) is 44.6 Å². The smallest absolute Gasteiger partial charge is 0.00949 e. The second-order valence-corrected chi connectivity index (χ2v) is 6.13. The molecule has 2 rings (SSSR count). The zero-order valence-electron chi connectivity index (χ0n) is 11.0. The first kappa shape index (κ1) is 12.4. The fourth-order valence-electron chi connectivity index (χ4n) is 3.53. The van der Waals surface area contributed by atoms with Gasteiger partial charge in [-0.15, -0.1) is 0 Å². The molecule has 0 aromatic heterocycles. The zero-order chi connectivity index (χ0) is 11.5. The fourth-order valence-corrected chi connectivity index (χ4v) is 3.53. The molecule has 0 amide bonds. The van der Waals surface area contributed by atoms with E-state index in [4.69, 9.17) is 5.73 Å². The second-order valence-electron chi connectivity index (χ2n) is 6.13. The van der Waals surface area contributed by atoms with Crippen LogP contribution in [0.15, 0.2) is 0 Å². The molecule has 2 nitrogen and oxygen atoms in total. The van der Waals surface area contributed by atoms with Gasteiger partial charge in [0.2, 0.25) is 0 Å². The monoisotopic (exact) mass is 224 g/mol. The Kier molecular flexibility index (Phi) is 4.26. The maximum absolute atomic E-state index is 5.85. The van der Waals surface area contributed by atoms with Gasteiger partial charge in [-0.1, -0.05) is 26.2 Å². The van der Waals surface area contributed by atoms with Crippen molar-refractivity contribution >= 4 is 0 Å². The molecule has 0 radical (unpaired) electrons. The Bertz CT molecular complexity index is 211. The predicted octanol–water partition coefficient (Wildman–Crippen LogP) is 2.62. The van der Waals surface area contributed by atoms with Crippen molar-refractivity contribution in [2.45, 2.75) is 64.0 Å². The van der Waals surface area contributed by atoms with E-state index >= 15 is 0 Å². The van der Waals surface area contributed by atoms with E-state index in [1.807, 2.05) is 0 Å². The van der Waals surface area contributed by atoms with E-state index in [2.05, 4.69) is 18.9 Å². The normalized spacial score (nSPS) is 39.8. The Morgan fingerprint density at radius 1 is 1.12 bits per heavy atom. The van der Waals surface area contributed by atoms with E-state index < -0.39 is 0 Å². The molecule has 0 aliphatic heterocycles. The molecule has 0 aromatic rings. The van der Waals surface area contributed by atoms with E-state index in [-0.39, 0.29) is 0 Å². The maximum Gasteiger partial charge on any atom is 0.00949 e. The summed E-state index contributed by atoms with van der Waals surface area (Å²) in [5.41, 5.74) is 5.85. The minimum absolute atomic E-state index is 0.508. The molecule has 2 unspecified atom stereocenters. The number of nitrogens with zero attached hydrogens (tertiary/aromatic N) is 1. The lowest BCUT2D eigenvalue weighted by molar-refractivity contribution is 0.107. The van der Waals surface area contributed by atoms with Crippen LogP contribution in [0.25, 0.3) is 0 Å². The summed E-state index contributed by atoms with van der Waals surface area (Å²) >= 11 is 0. The lowest BCUT2D eigenvalue weighted by Gasteiger charge is -2.40. The van der Waals surface area contributed by atoms with Crippen molar-refractivity contribution in [2.24, 2.45) is 17.6 Å². The van der Waals surface area contributed by atoms with Crippen molar-refractivity contribution in [1.82, 2.24) is 4.90 Å². The Morgan fingerprint density at radius 3 is 2.50 bits per heavy atom. The highest BCUT2D eigenvalue weighted by atomic mass is 15.1. The summed E-state index contributed by atoms with van der Waals surface area (Å²) in [6.07, 6.45) is 9.66. The summed E-state index contributed by atoms with van der Waals surface area (Å²) in [7, 11) is 2.33. The van der Waals surface area contributed by atoms with Gasteiger partial charge in [0.1, 0.15) is 0 Å². The molecule has 0 spiro atoms. The van der Waals surface area contributed by atoms with Gasteiger partial charge in [-0.3, -0.25) is 0 Å². The largest absolute Gasteiger partial charge is 0.328 e. The summed E-state index contributed by atoms with van der Waals surface area (Å²) in [6, 6.07) is 1.36. The molecular weight excluding hydrogens is 196 g/mol. The van der Waals surface area contributed by atoms with Gasteiger partial charge in [0.25, 0.3) is 0 Å². The minimum Gasteiger partial charge on any atom is -0.328 e. The first-order valence-electron chi connectivity index (χ1n) is 7.14. The Labute approximate surface area is 101 Å².